The highest BCUT2D eigenvalue weighted by Crippen LogP contribution is 2.38. The van der Waals surface area contributed by atoms with Crippen LogP contribution in [0, 0.1) is 0 Å². The number of amides is 2. The molecule has 2 amide bonds. The molecule has 1 aliphatic heterocycles. The van der Waals surface area contributed by atoms with Crippen LogP contribution < -0.4 is 20.1 Å². The molecule has 0 bridgehead atoms. The number of anilines is 1. The molecule has 10 heteroatoms. The molecule has 0 saturated heterocycles. The highest BCUT2D eigenvalue weighted by molar-refractivity contribution is 9.10. The molecule has 3 rings (SSSR count). The predicted molar refractivity (Wildman–Crippen MR) is 106 cm³/mol. The van der Waals surface area contributed by atoms with Crippen molar-refractivity contribution in [2.75, 3.05) is 31.7 Å². The Morgan fingerprint density at radius 3 is 2.64 bits per heavy atom. The zero-order chi connectivity index (χ0) is 19.9. The number of halogens is 1. The van der Waals surface area contributed by atoms with Crippen LogP contribution in [-0.4, -0.2) is 44.1 Å². The van der Waals surface area contributed by atoms with Crippen molar-refractivity contribution in [3.05, 3.63) is 39.0 Å². The Hall–Kier alpha value is -2.59. The number of carbonyl (C=O) groups is 3. The Morgan fingerprint density at radius 2 is 1.93 bits per heavy atom. The summed E-state index contributed by atoms with van der Waals surface area (Å²) < 4.78 is 16.5. The molecule has 1 aromatic heterocycles. The second kappa shape index (κ2) is 9.56. The fourth-order valence-corrected chi connectivity index (χ4v) is 3.40. The summed E-state index contributed by atoms with van der Waals surface area (Å²) in [5, 5.41) is 8.77. The number of benzene rings is 1. The van der Waals surface area contributed by atoms with Gasteiger partial charge in [0.1, 0.15) is 13.2 Å². The monoisotopic (exact) mass is 468 g/mol. The van der Waals surface area contributed by atoms with Gasteiger partial charge in [0.25, 0.3) is 11.8 Å². The summed E-state index contributed by atoms with van der Waals surface area (Å²) in [6.07, 6.45) is -0.0309. The van der Waals surface area contributed by atoms with Crippen LogP contribution in [0.5, 0.6) is 11.5 Å². The molecule has 0 fully saturated rings. The summed E-state index contributed by atoms with van der Waals surface area (Å²) >= 11 is 4.76. The maximum atomic E-state index is 12.0. The van der Waals surface area contributed by atoms with Gasteiger partial charge in [0.05, 0.1) is 12.1 Å². The van der Waals surface area contributed by atoms with E-state index in [1.807, 2.05) is 0 Å². The van der Waals surface area contributed by atoms with Gasteiger partial charge >= 0.3 is 5.97 Å². The lowest BCUT2D eigenvalue weighted by molar-refractivity contribution is -0.147. The Labute approximate surface area is 173 Å². The molecule has 1 aliphatic rings. The summed E-state index contributed by atoms with van der Waals surface area (Å²) in [7, 11) is 0. The average molecular weight is 469 g/mol. The van der Waals surface area contributed by atoms with Gasteiger partial charge in [-0.3, -0.25) is 14.4 Å². The number of nitrogens with one attached hydrogen (secondary N) is 2. The highest BCUT2D eigenvalue weighted by Gasteiger charge is 2.17. The van der Waals surface area contributed by atoms with Crippen LogP contribution in [0.3, 0.4) is 0 Å². The number of rotatable bonds is 7. The Balaban J connectivity index is 1.40. The molecular weight excluding hydrogens is 452 g/mol. The lowest BCUT2D eigenvalue weighted by Gasteiger charge is -2.20. The molecule has 8 nitrogen and oxygen atoms in total. The van der Waals surface area contributed by atoms with Crippen molar-refractivity contribution < 1.29 is 28.6 Å². The first kappa shape index (κ1) is 20.2. The molecule has 0 aliphatic carbocycles. The zero-order valence-electron chi connectivity index (χ0n) is 14.7. The topological polar surface area (TPSA) is 103 Å². The zero-order valence-corrected chi connectivity index (χ0v) is 17.1. The number of fused-ring (bicyclic) bond motifs is 1. The number of thiophene rings is 1. The molecule has 0 saturated carbocycles. The summed E-state index contributed by atoms with van der Waals surface area (Å²) in [5.41, 5.74) is 1.02. The minimum Gasteiger partial charge on any atom is -0.486 e. The smallest absolute Gasteiger partial charge is 0.308 e. The van der Waals surface area contributed by atoms with E-state index in [2.05, 4.69) is 26.6 Å². The summed E-state index contributed by atoms with van der Waals surface area (Å²) in [5.74, 6) is -0.208. The van der Waals surface area contributed by atoms with Crippen molar-refractivity contribution in [2.24, 2.45) is 0 Å². The third kappa shape index (κ3) is 5.46. The van der Waals surface area contributed by atoms with E-state index in [1.165, 1.54) is 11.3 Å². The summed E-state index contributed by atoms with van der Waals surface area (Å²) in [6.45, 7) is 0.596. The van der Waals surface area contributed by atoms with Gasteiger partial charge in [-0.1, -0.05) is 0 Å². The van der Waals surface area contributed by atoms with Gasteiger partial charge in [0.2, 0.25) is 0 Å². The molecule has 0 unspecified atom stereocenters. The average Bonchev–Trinajstić information content (AvgIpc) is 3.22. The minimum absolute atomic E-state index is 0.0309. The maximum absolute atomic E-state index is 12.0. The van der Waals surface area contributed by atoms with Crippen LogP contribution in [-0.2, 0) is 14.3 Å². The van der Waals surface area contributed by atoms with Gasteiger partial charge in [0, 0.05) is 34.1 Å². The maximum Gasteiger partial charge on any atom is 0.308 e. The van der Waals surface area contributed by atoms with Crippen molar-refractivity contribution in [1.29, 1.82) is 0 Å². The van der Waals surface area contributed by atoms with Crippen LogP contribution in [0.2, 0.25) is 0 Å². The van der Waals surface area contributed by atoms with E-state index < -0.39 is 18.5 Å². The quantitative estimate of drug-likeness (QED) is 0.605. The van der Waals surface area contributed by atoms with E-state index in [-0.39, 0.29) is 18.9 Å². The standard InChI is InChI=1S/C18H17BrN2O6S/c19-12-7-14-15(26-5-4-25-14)8-13(12)21-16(22)9-27-17(23)1-3-20-18(24)11-2-6-28-10-11/h2,6-8,10H,1,3-5,9H2,(H,20,24)(H,21,22). The number of hydrogen-bond donors (Lipinski definition) is 2. The lowest BCUT2D eigenvalue weighted by atomic mass is 10.2. The van der Waals surface area contributed by atoms with E-state index in [1.54, 1.807) is 29.0 Å². The molecule has 2 heterocycles. The number of ether oxygens (including phenoxy) is 3. The van der Waals surface area contributed by atoms with Crippen molar-refractivity contribution in [3.63, 3.8) is 0 Å². The van der Waals surface area contributed by atoms with Gasteiger partial charge in [-0.2, -0.15) is 11.3 Å². The minimum atomic E-state index is -0.581. The lowest BCUT2D eigenvalue weighted by Crippen LogP contribution is -2.27. The molecular formula is C18H17BrN2O6S. The second-order valence-corrected chi connectivity index (χ2v) is 7.34. The van der Waals surface area contributed by atoms with Crippen LogP contribution >= 0.6 is 27.3 Å². The number of hydrogen-bond acceptors (Lipinski definition) is 7. The van der Waals surface area contributed by atoms with Crippen LogP contribution in [0.4, 0.5) is 5.69 Å². The largest absolute Gasteiger partial charge is 0.486 e. The van der Waals surface area contributed by atoms with Crippen LogP contribution in [0.1, 0.15) is 16.8 Å². The number of esters is 1. The predicted octanol–water partition coefficient (Wildman–Crippen LogP) is 2.58. The van der Waals surface area contributed by atoms with Crippen LogP contribution in [0.15, 0.2) is 33.4 Å². The van der Waals surface area contributed by atoms with E-state index in [9.17, 15) is 14.4 Å². The van der Waals surface area contributed by atoms with Gasteiger partial charge in [-0.15, -0.1) is 0 Å². The molecule has 0 spiro atoms. The Kier molecular flexibility index (Phi) is 6.88. The third-order valence-electron chi connectivity index (χ3n) is 3.67. The van der Waals surface area contributed by atoms with Gasteiger partial charge < -0.3 is 24.8 Å². The summed E-state index contributed by atoms with van der Waals surface area (Å²) in [6, 6.07) is 5.03. The fourth-order valence-electron chi connectivity index (χ4n) is 2.34. The first-order chi connectivity index (χ1) is 13.5. The van der Waals surface area contributed by atoms with Crippen molar-refractivity contribution in [1.82, 2.24) is 5.32 Å². The van der Waals surface area contributed by atoms with E-state index in [0.717, 1.165) is 0 Å². The molecule has 2 N–H and O–H groups in total. The van der Waals surface area contributed by atoms with E-state index >= 15 is 0 Å². The summed E-state index contributed by atoms with van der Waals surface area (Å²) in [4.78, 5) is 35.5. The third-order valence-corrected chi connectivity index (χ3v) is 5.01. The van der Waals surface area contributed by atoms with Crippen molar-refractivity contribution >= 4 is 50.7 Å². The van der Waals surface area contributed by atoms with Crippen LogP contribution in [0.25, 0.3) is 0 Å². The Morgan fingerprint density at radius 1 is 1.18 bits per heavy atom. The first-order valence-corrected chi connectivity index (χ1v) is 10.1. The molecule has 0 radical (unpaired) electrons. The van der Waals surface area contributed by atoms with Gasteiger partial charge in [-0.25, -0.2) is 0 Å². The van der Waals surface area contributed by atoms with Crippen molar-refractivity contribution in [3.8, 4) is 11.5 Å². The van der Waals surface area contributed by atoms with Crippen molar-refractivity contribution in [2.45, 2.75) is 6.42 Å². The highest BCUT2D eigenvalue weighted by atomic mass is 79.9. The molecule has 28 heavy (non-hydrogen) atoms. The Bertz CT molecular complexity index is 871. The SMILES string of the molecule is O=C(COC(=O)CCNC(=O)c1ccsc1)Nc1cc2c(cc1Br)OCCO2. The first-order valence-electron chi connectivity index (χ1n) is 8.38. The number of carbonyl (C=O) groups excluding carboxylic acids is 3. The molecule has 0 atom stereocenters. The van der Waals surface area contributed by atoms with E-state index in [0.29, 0.717) is 40.4 Å². The van der Waals surface area contributed by atoms with Gasteiger partial charge in [-0.05, 0) is 27.4 Å². The fraction of sp³-hybridized carbons (Fsp3) is 0.278. The molecule has 148 valence electrons. The van der Waals surface area contributed by atoms with Gasteiger partial charge in [0.15, 0.2) is 18.1 Å². The normalized spacial score (nSPS) is 12.2. The second-order valence-electron chi connectivity index (χ2n) is 5.70. The molecule has 2 aromatic rings. The molecule has 1 aromatic carbocycles. The van der Waals surface area contributed by atoms with E-state index in [4.69, 9.17) is 14.2 Å².